The standard InChI is InChI=1S/C9H5Cl2NOS/c10-6-2-1-3-7(4-6)13-9-12-5-8(11)14-9/h1-5H. The van der Waals surface area contributed by atoms with Gasteiger partial charge in [0, 0.05) is 5.02 Å². The maximum absolute atomic E-state index is 5.79. The molecular formula is C9H5Cl2NOS. The number of rotatable bonds is 2. The number of nitrogens with zero attached hydrogens (tertiary/aromatic N) is 1. The first-order chi connectivity index (χ1) is 6.74. The van der Waals surface area contributed by atoms with Gasteiger partial charge < -0.3 is 4.74 Å². The maximum atomic E-state index is 5.79. The van der Waals surface area contributed by atoms with Crippen LogP contribution in [0.3, 0.4) is 0 Å². The van der Waals surface area contributed by atoms with Crippen molar-refractivity contribution in [2.45, 2.75) is 0 Å². The second kappa shape index (κ2) is 4.17. The first-order valence-electron chi connectivity index (χ1n) is 3.79. The number of ether oxygens (including phenoxy) is 1. The van der Waals surface area contributed by atoms with Gasteiger partial charge in [0.25, 0.3) is 5.19 Å². The Labute approximate surface area is 95.1 Å². The number of hydrogen-bond acceptors (Lipinski definition) is 3. The summed E-state index contributed by atoms with van der Waals surface area (Å²) in [5, 5.41) is 1.14. The molecule has 0 saturated heterocycles. The molecule has 2 rings (SSSR count). The van der Waals surface area contributed by atoms with Crippen molar-refractivity contribution < 1.29 is 4.74 Å². The quantitative estimate of drug-likeness (QED) is 0.790. The van der Waals surface area contributed by atoms with Crippen molar-refractivity contribution in [1.29, 1.82) is 0 Å². The lowest BCUT2D eigenvalue weighted by Crippen LogP contribution is -1.81. The lowest BCUT2D eigenvalue weighted by atomic mass is 10.3. The summed E-state index contributed by atoms with van der Waals surface area (Å²) in [6.07, 6.45) is 1.55. The summed E-state index contributed by atoms with van der Waals surface area (Å²) < 4.78 is 6.02. The topological polar surface area (TPSA) is 22.1 Å². The zero-order valence-corrected chi connectivity index (χ0v) is 9.23. The van der Waals surface area contributed by atoms with Crippen LogP contribution in [0.2, 0.25) is 9.36 Å². The van der Waals surface area contributed by atoms with E-state index < -0.39 is 0 Å². The van der Waals surface area contributed by atoms with Gasteiger partial charge in [-0.05, 0) is 18.2 Å². The molecule has 0 N–H and O–H groups in total. The van der Waals surface area contributed by atoms with Crippen LogP contribution in [0.1, 0.15) is 0 Å². The second-order valence-electron chi connectivity index (χ2n) is 2.49. The monoisotopic (exact) mass is 245 g/mol. The largest absolute Gasteiger partial charge is 0.431 e. The van der Waals surface area contributed by atoms with E-state index in [9.17, 15) is 0 Å². The van der Waals surface area contributed by atoms with Crippen LogP contribution in [0.15, 0.2) is 30.5 Å². The smallest absolute Gasteiger partial charge is 0.280 e. The highest BCUT2D eigenvalue weighted by Crippen LogP contribution is 2.29. The molecule has 0 saturated carbocycles. The molecule has 0 radical (unpaired) electrons. The fourth-order valence-corrected chi connectivity index (χ4v) is 1.86. The van der Waals surface area contributed by atoms with Crippen molar-refractivity contribution >= 4 is 34.5 Å². The Hall–Kier alpha value is -0.770. The molecule has 0 fully saturated rings. The average Bonchev–Trinajstić information content (AvgIpc) is 2.51. The normalized spacial score (nSPS) is 10.1. The number of aromatic nitrogens is 1. The van der Waals surface area contributed by atoms with Crippen LogP contribution in [0.4, 0.5) is 0 Å². The van der Waals surface area contributed by atoms with E-state index in [1.165, 1.54) is 11.3 Å². The van der Waals surface area contributed by atoms with E-state index in [0.29, 0.717) is 20.3 Å². The van der Waals surface area contributed by atoms with E-state index in [1.807, 2.05) is 6.07 Å². The average molecular weight is 246 g/mol. The summed E-state index contributed by atoms with van der Waals surface area (Å²) in [5.41, 5.74) is 0. The van der Waals surface area contributed by atoms with Crippen molar-refractivity contribution in [2.24, 2.45) is 0 Å². The Balaban J connectivity index is 2.18. The van der Waals surface area contributed by atoms with E-state index in [1.54, 1.807) is 24.4 Å². The van der Waals surface area contributed by atoms with Gasteiger partial charge in [-0.15, -0.1) is 0 Å². The number of halogens is 2. The minimum atomic E-state index is 0.511. The van der Waals surface area contributed by atoms with Crippen molar-refractivity contribution in [2.75, 3.05) is 0 Å². The summed E-state index contributed by atoms with van der Waals surface area (Å²) in [4.78, 5) is 3.96. The SMILES string of the molecule is Clc1cccc(Oc2ncc(Cl)s2)c1. The zero-order chi connectivity index (χ0) is 9.97. The molecule has 0 atom stereocenters. The highest BCUT2D eigenvalue weighted by molar-refractivity contribution is 7.17. The highest BCUT2D eigenvalue weighted by Gasteiger charge is 2.02. The van der Waals surface area contributed by atoms with Crippen LogP contribution < -0.4 is 4.74 Å². The van der Waals surface area contributed by atoms with Crippen molar-refractivity contribution in [3.05, 3.63) is 39.8 Å². The molecule has 0 spiro atoms. The molecule has 0 amide bonds. The minimum absolute atomic E-state index is 0.511. The molecule has 1 aromatic carbocycles. The number of hydrogen-bond donors (Lipinski definition) is 0. The summed E-state index contributed by atoms with van der Waals surface area (Å²) in [5.74, 6) is 0.656. The third kappa shape index (κ3) is 2.38. The summed E-state index contributed by atoms with van der Waals surface area (Å²) >= 11 is 12.8. The van der Waals surface area contributed by atoms with E-state index in [0.717, 1.165) is 0 Å². The first-order valence-corrected chi connectivity index (χ1v) is 5.36. The predicted octanol–water partition coefficient (Wildman–Crippen LogP) is 4.24. The summed E-state index contributed by atoms with van der Waals surface area (Å²) in [6.45, 7) is 0. The van der Waals surface area contributed by atoms with Gasteiger partial charge in [-0.1, -0.05) is 40.6 Å². The van der Waals surface area contributed by atoms with Gasteiger partial charge in [0.2, 0.25) is 0 Å². The van der Waals surface area contributed by atoms with Crippen molar-refractivity contribution in [1.82, 2.24) is 4.98 Å². The maximum Gasteiger partial charge on any atom is 0.280 e. The van der Waals surface area contributed by atoms with Gasteiger partial charge in [-0.3, -0.25) is 0 Å². The lowest BCUT2D eigenvalue weighted by Gasteiger charge is -2.00. The van der Waals surface area contributed by atoms with Gasteiger partial charge in [0.1, 0.15) is 10.1 Å². The Morgan fingerprint density at radius 2 is 2.14 bits per heavy atom. The van der Waals surface area contributed by atoms with Crippen LogP contribution in [0.25, 0.3) is 0 Å². The molecule has 2 aromatic rings. The fraction of sp³-hybridized carbons (Fsp3) is 0. The predicted molar refractivity (Wildman–Crippen MR) is 58.7 cm³/mol. The molecule has 0 aliphatic rings. The number of thiazole rings is 1. The molecule has 0 aliphatic heterocycles. The first kappa shape index (κ1) is 9.77. The van der Waals surface area contributed by atoms with Gasteiger partial charge in [0.05, 0.1) is 6.20 Å². The lowest BCUT2D eigenvalue weighted by molar-refractivity contribution is 0.479. The zero-order valence-electron chi connectivity index (χ0n) is 6.91. The Morgan fingerprint density at radius 1 is 1.29 bits per heavy atom. The Bertz CT molecular complexity index is 444. The number of benzene rings is 1. The fourth-order valence-electron chi connectivity index (χ4n) is 0.918. The van der Waals surface area contributed by atoms with E-state index >= 15 is 0 Å². The highest BCUT2D eigenvalue weighted by atomic mass is 35.5. The van der Waals surface area contributed by atoms with Gasteiger partial charge in [0.15, 0.2) is 0 Å². The van der Waals surface area contributed by atoms with Crippen LogP contribution in [-0.2, 0) is 0 Å². The third-order valence-corrected chi connectivity index (χ3v) is 2.69. The Kier molecular flexibility index (Phi) is 2.91. The van der Waals surface area contributed by atoms with Crippen molar-refractivity contribution in [3.63, 3.8) is 0 Å². The molecule has 14 heavy (non-hydrogen) atoms. The van der Waals surface area contributed by atoms with Gasteiger partial charge in [-0.2, -0.15) is 0 Å². The summed E-state index contributed by atoms with van der Waals surface area (Å²) in [7, 11) is 0. The van der Waals surface area contributed by atoms with Crippen LogP contribution >= 0.6 is 34.5 Å². The molecule has 1 aromatic heterocycles. The minimum Gasteiger partial charge on any atom is -0.431 e. The summed E-state index contributed by atoms with van der Waals surface area (Å²) in [6, 6.07) is 7.12. The second-order valence-corrected chi connectivity index (χ2v) is 4.55. The molecule has 1 heterocycles. The van der Waals surface area contributed by atoms with Gasteiger partial charge >= 0.3 is 0 Å². The van der Waals surface area contributed by atoms with E-state index in [4.69, 9.17) is 27.9 Å². The van der Waals surface area contributed by atoms with Crippen LogP contribution in [0.5, 0.6) is 10.9 Å². The van der Waals surface area contributed by atoms with Crippen LogP contribution in [-0.4, -0.2) is 4.98 Å². The molecule has 0 unspecified atom stereocenters. The molecule has 0 aliphatic carbocycles. The van der Waals surface area contributed by atoms with E-state index in [2.05, 4.69) is 4.98 Å². The Morgan fingerprint density at radius 3 is 2.79 bits per heavy atom. The molecule has 5 heteroatoms. The van der Waals surface area contributed by atoms with Gasteiger partial charge in [-0.25, -0.2) is 4.98 Å². The molecule has 72 valence electrons. The molecular weight excluding hydrogens is 241 g/mol. The molecule has 2 nitrogen and oxygen atoms in total. The third-order valence-electron chi connectivity index (χ3n) is 1.46. The van der Waals surface area contributed by atoms with Crippen molar-refractivity contribution in [3.8, 4) is 10.9 Å². The van der Waals surface area contributed by atoms with E-state index in [-0.39, 0.29) is 0 Å². The van der Waals surface area contributed by atoms with Crippen LogP contribution in [0, 0.1) is 0 Å². The molecule has 0 bridgehead atoms.